The molecule has 3 rings (SSSR count). The van der Waals surface area contributed by atoms with Gasteiger partial charge in [-0.2, -0.15) is 0 Å². The first kappa shape index (κ1) is 12.8. The number of halogens is 3. The molecule has 98 valence electrons. The molecular weight excluding hydrogens is 359 g/mol. The molecular formula is C15H12F2IN. The van der Waals surface area contributed by atoms with E-state index in [2.05, 4.69) is 32.0 Å². The lowest BCUT2D eigenvalue weighted by Gasteiger charge is -2.27. The monoisotopic (exact) mass is 371 g/mol. The first-order chi connectivity index (χ1) is 9.16. The van der Waals surface area contributed by atoms with Gasteiger partial charge >= 0.3 is 0 Å². The molecule has 19 heavy (non-hydrogen) atoms. The molecule has 0 amide bonds. The van der Waals surface area contributed by atoms with Crippen molar-refractivity contribution in [3.8, 4) is 11.1 Å². The standard InChI is InChI=1S/C15H12F2IN/c16-13-7-6-10(9-14(13)17)11-3-1-5-15-12(11)4-2-8-19(15)18/h1,3,5-7,9H,2,4,8H2. The first-order valence-corrected chi connectivity index (χ1v) is 7.14. The lowest BCUT2D eigenvalue weighted by Crippen LogP contribution is -2.19. The minimum atomic E-state index is -0.802. The molecule has 1 aliphatic rings. The van der Waals surface area contributed by atoms with E-state index in [-0.39, 0.29) is 0 Å². The summed E-state index contributed by atoms with van der Waals surface area (Å²) in [5, 5.41) is 0. The van der Waals surface area contributed by atoms with E-state index in [1.165, 1.54) is 23.4 Å². The number of rotatable bonds is 1. The fourth-order valence-corrected chi connectivity index (χ4v) is 3.31. The van der Waals surface area contributed by atoms with Crippen LogP contribution in [-0.2, 0) is 6.42 Å². The Kier molecular flexibility index (Phi) is 3.43. The first-order valence-electron chi connectivity index (χ1n) is 6.17. The third-order valence-corrected chi connectivity index (χ3v) is 4.43. The number of hydrogen-bond donors (Lipinski definition) is 0. The highest BCUT2D eigenvalue weighted by Crippen LogP contribution is 2.37. The van der Waals surface area contributed by atoms with Crippen LogP contribution < -0.4 is 3.11 Å². The van der Waals surface area contributed by atoms with Crippen molar-refractivity contribution in [3.63, 3.8) is 0 Å². The second-order valence-electron chi connectivity index (χ2n) is 4.62. The van der Waals surface area contributed by atoms with E-state index in [1.807, 2.05) is 12.1 Å². The molecule has 1 aliphatic heterocycles. The lowest BCUT2D eigenvalue weighted by atomic mass is 9.93. The van der Waals surface area contributed by atoms with Gasteiger partial charge in [-0.05, 0) is 47.7 Å². The van der Waals surface area contributed by atoms with Crippen molar-refractivity contribution in [2.45, 2.75) is 12.8 Å². The van der Waals surface area contributed by atoms with Crippen LogP contribution in [0.3, 0.4) is 0 Å². The average Bonchev–Trinajstić information content (AvgIpc) is 2.42. The van der Waals surface area contributed by atoms with E-state index in [1.54, 1.807) is 6.07 Å². The van der Waals surface area contributed by atoms with E-state index in [4.69, 9.17) is 0 Å². The van der Waals surface area contributed by atoms with Gasteiger partial charge in [-0.1, -0.05) is 18.2 Å². The fraction of sp³-hybridized carbons (Fsp3) is 0.200. The van der Waals surface area contributed by atoms with E-state index in [0.717, 1.165) is 30.5 Å². The molecule has 4 heteroatoms. The van der Waals surface area contributed by atoms with E-state index in [9.17, 15) is 8.78 Å². The molecule has 1 nitrogen and oxygen atoms in total. The van der Waals surface area contributed by atoms with Crippen molar-refractivity contribution in [3.05, 3.63) is 53.6 Å². The number of fused-ring (bicyclic) bond motifs is 1. The summed E-state index contributed by atoms with van der Waals surface area (Å²) >= 11 is 2.30. The maximum Gasteiger partial charge on any atom is 0.159 e. The van der Waals surface area contributed by atoms with Crippen LogP contribution in [0.5, 0.6) is 0 Å². The minimum absolute atomic E-state index is 0.738. The van der Waals surface area contributed by atoms with Gasteiger partial charge in [-0.25, -0.2) is 8.78 Å². The van der Waals surface area contributed by atoms with Crippen LogP contribution in [0.2, 0.25) is 0 Å². The summed E-state index contributed by atoms with van der Waals surface area (Å²) in [6.45, 7) is 1.02. The number of nitrogens with zero attached hydrogens (tertiary/aromatic N) is 1. The summed E-state index contributed by atoms with van der Waals surface area (Å²) in [6, 6.07) is 10.1. The molecule has 0 unspecified atom stereocenters. The third kappa shape index (κ3) is 2.33. The van der Waals surface area contributed by atoms with E-state index >= 15 is 0 Å². The largest absolute Gasteiger partial charge is 0.315 e. The SMILES string of the molecule is Fc1ccc(-c2cccc3c2CCCN3I)cc1F. The highest BCUT2D eigenvalue weighted by molar-refractivity contribution is 14.1. The lowest BCUT2D eigenvalue weighted by molar-refractivity contribution is 0.509. The highest BCUT2D eigenvalue weighted by Gasteiger charge is 2.18. The molecule has 0 saturated carbocycles. The van der Waals surface area contributed by atoms with Crippen molar-refractivity contribution < 1.29 is 8.78 Å². The van der Waals surface area contributed by atoms with Gasteiger partial charge in [-0.3, -0.25) is 0 Å². The van der Waals surface area contributed by atoms with Gasteiger partial charge in [0.15, 0.2) is 11.6 Å². The average molecular weight is 371 g/mol. The van der Waals surface area contributed by atoms with Gasteiger partial charge in [0.05, 0.1) is 22.9 Å². The summed E-state index contributed by atoms with van der Waals surface area (Å²) in [6.07, 6.45) is 2.06. The van der Waals surface area contributed by atoms with E-state index < -0.39 is 11.6 Å². The highest BCUT2D eigenvalue weighted by atomic mass is 127. The smallest absolute Gasteiger partial charge is 0.159 e. The second-order valence-corrected chi connectivity index (χ2v) is 5.79. The van der Waals surface area contributed by atoms with Crippen molar-refractivity contribution in [1.82, 2.24) is 0 Å². The minimum Gasteiger partial charge on any atom is -0.315 e. The summed E-state index contributed by atoms with van der Waals surface area (Å²) < 4.78 is 28.6. The van der Waals surface area contributed by atoms with Gasteiger partial charge < -0.3 is 3.11 Å². The molecule has 0 atom stereocenters. The zero-order valence-corrected chi connectivity index (χ0v) is 12.3. The second kappa shape index (κ2) is 5.07. The van der Waals surface area contributed by atoms with Crippen molar-refractivity contribution in [1.29, 1.82) is 0 Å². The molecule has 1 heterocycles. The van der Waals surface area contributed by atoms with Gasteiger partial charge in [0.1, 0.15) is 0 Å². The zero-order chi connectivity index (χ0) is 13.4. The van der Waals surface area contributed by atoms with Crippen LogP contribution in [0, 0.1) is 11.6 Å². The normalized spacial score (nSPS) is 14.4. The molecule has 0 spiro atoms. The predicted molar refractivity (Wildman–Crippen MR) is 81.5 cm³/mol. The molecule has 0 saturated heterocycles. The molecule has 0 bridgehead atoms. The predicted octanol–water partition coefficient (Wildman–Crippen LogP) is 4.73. The Hall–Kier alpha value is -1.17. The number of hydrogen-bond acceptors (Lipinski definition) is 1. The summed E-state index contributed by atoms with van der Waals surface area (Å²) in [5.41, 5.74) is 4.13. The fourth-order valence-electron chi connectivity index (χ4n) is 2.51. The topological polar surface area (TPSA) is 3.24 Å². The Morgan fingerprint density at radius 3 is 2.68 bits per heavy atom. The maximum atomic E-state index is 13.4. The molecule has 0 N–H and O–H groups in total. The number of benzene rings is 2. The maximum absolute atomic E-state index is 13.4. The molecule has 0 aromatic heterocycles. The van der Waals surface area contributed by atoms with E-state index in [0.29, 0.717) is 0 Å². The summed E-state index contributed by atoms with van der Waals surface area (Å²) in [7, 11) is 0. The van der Waals surface area contributed by atoms with Crippen LogP contribution in [0.25, 0.3) is 11.1 Å². The third-order valence-electron chi connectivity index (χ3n) is 3.42. The Morgan fingerprint density at radius 1 is 1.05 bits per heavy atom. The molecule has 0 fully saturated rings. The van der Waals surface area contributed by atoms with Crippen molar-refractivity contribution in [2.24, 2.45) is 0 Å². The van der Waals surface area contributed by atoms with Crippen LogP contribution in [0.1, 0.15) is 12.0 Å². The van der Waals surface area contributed by atoms with Crippen LogP contribution in [0.4, 0.5) is 14.5 Å². The molecule has 0 aliphatic carbocycles. The van der Waals surface area contributed by atoms with Crippen molar-refractivity contribution >= 4 is 28.6 Å². The Balaban J connectivity index is 2.15. The van der Waals surface area contributed by atoms with Gasteiger partial charge in [0.2, 0.25) is 0 Å². The summed E-state index contributed by atoms with van der Waals surface area (Å²) in [4.78, 5) is 0. The summed E-state index contributed by atoms with van der Waals surface area (Å²) in [5.74, 6) is -1.60. The van der Waals surface area contributed by atoms with Crippen LogP contribution >= 0.6 is 22.9 Å². The van der Waals surface area contributed by atoms with Crippen LogP contribution in [-0.4, -0.2) is 6.54 Å². The Labute approximate surface area is 124 Å². The van der Waals surface area contributed by atoms with Gasteiger partial charge in [0, 0.05) is 12.2 Å². The van der Waals surface area contributed by atoms with Gasteiger partial charge in [-0.15, -0.1) is 0 Å². The zero-order valence-electron chi connectivity index (χ0n) is 10.2. The molecule has 2 aromatic carbocycles. The van der Waals surface area contributed by atoms with Gasteiger partial charge in [0.25, 0.3) is 0 Å². The Morgan fingerprint density at radius 2 is 1.89 bits per heavy atom. The Bertz CT molecular complexity index is 628. The van der Waals surface area contributed by atoms with Crippen molar-refractivity contribution in [2.75, 3.05) is 9.66 Å². The van der Waals surface area contributed by atoms with Crippen LogP contribution in [0.15, 0.2) is 36.4 Å². The molecule has 2 aromatic rings. The molecule has 0 radical (unpaired) electrons. The quantitative estimate of drug-likeness (QED) is 0.517. The number of anilines is 1.